The number of oxazole rings is 1. The van der Waals surface area contributed by atoms with E-state index in [0.29, 0.717) is 5.76 Å². The van der Waals surface area contributed by atoms with E-state index < -0.39 is 0 Å². The fourth-order valence-corrected chi connectivity index (χ4v) is 2.33. The van der Waals surface area contributed by atoms with Crippen molar-refractivity contribution >= 4 is 6.01 Å². The van der Waals surface area contributed by atoms with Crippen molar-refractivity contribution < 1.29 is 9.15 Å². The molecule has 102 valence electrons. The van der Waals surface area contributed by atoms with Gasteiger partial charge in [-0.1, -0.05) is 19.9 Å². The molecule has 0 saturated heterocycles. The molecule has 0 radical (unpaired) electrons. The molecule has 0 unspecified atom stereocenters. The molecule has 19 heavy (non-hydrogen) atoms. The first kappa shape index (κ1) is 13.5. The Morgan fingerprint density at radius 2 is 1.95 bits per heavy atom. The van der Waals surface area contributed by atoms with E-state index in [0.717, 1.165) is 28.1 Å². The van der Waals surface area contributed by atoms with Gasteiger partial charge in [0.2, 0.25) is 0 Å². The Morgan fingerprint density at radius 3 is 2.53 bits per heavy atom. The fourth-order valence-electron chi connectivity index (χ4n) is 2.33. The third-order valence-electron chi connectivity index (χ3n) is 3.08. The standard InChI is InChI=1S/C15H20N2O2/c1-8(2)12-14(19-15(16)17-12)11-7-9(3)6-10(4)13(11)18-5/h6-8H,1-5H3,(H2,16,17). The summed E-state index contributed by atoms with van der Waals surface area (Å²) in [5.74, 6) is 1.75. The molecule has 2 rings (SSSR count). The van der Waals surface area contributed by atoms with E-state index in [1.165, 1.54) is 0 Å². The largest absolute Gasteiger partial charge is 0.496 e. The molecule has 0 spiro atoms. The van der Waals surface area contributed by atoms with Gasteiger partial charge in [-0.05, 0) is 37.0 Å². The zero-order valence-electron chi connectivity index (χ0n) is 12.1. The molecule has 1 aromatic heterocycles. The van der Waals surface area contributed by atoms with Crippen molar-refractivity contribution in [2.24, 2.45) is 0 Å². The van der Waals surface area contributed by atoms with Gasteiger partial charge in [-0.15, -0.1) is 0 Å². The van der Waals surface area contributed by atoms with Gasteiger partial charge in [0.15, 0.2) is 5.76 Å². The average molecular weight is 260 g/mol. The van der Waals surface area contributed by atoms with Gasteiger partial charge in [-0.2, -0.15) is 4.98 Å². The summed E-state index contributed by atoms with van der Waals surface area (Å²) in [6, 6.07) is 4.31. The topological polar surface area (TPSA) is 61.3 Å². The van der Waals surface area contributed by atoms with Gasteiger partial charge in [0.1, 0.15) is 5.75 Å². The maximum Gasteiger partial charge on any atom is 0.292 e. The van der Waals surface area contributed by atoms with Crippen molar-refractivity contribution in [3.8, 4) is 17.1 Å². The smallest absolute Gasteiger partial charge is 0.292 e. The number of hydrogen-bond donors (Lipinski definition) is 1. The summed E-state index contributed by atoms with van der Waals surface area (Å²) >= 11 is 0. The maximum atomic E-state index is 5.70. The number of aryl methyl sites for hydroxylation is 2. The molecule has 0 aliphatic rings. The van der Waals surface area contributed by atoms with Crippen LogP contribution < -0.4 is 10.5 Å². The summed E-state index contributed by atoms with van der Waals surface area (Å²) in [6.07, 6.45) is 0. The average Bonchev–Trinajstić information content (AvgIpc) is 2.70. The van der Waals surface area contributed by atoms with Crippen molar-refractivity contribution in [3.63, 3.8) is 0 Å². The second-order valence-electron chi connectivity index (χ2n) is 5.08. The van der Waals surface area contributed by atoms with Crippen LogP contribution in [-0.4, -0.2) is 12.1 Å². The third kappa shape index (κ3) is 2.43. The van der Waals surface area contributed by atoms with E-state index in [1.807, 2.05) is 19.9 Å². The lowest BCUT2D eigenvalue weighted by atomic mass is 9.99. The van der Waals surface area contributed by atoms with Crippen LogP contribution in [0.25, 0.3) is 11.3 Å². The summed E-state index contributed by atoms with van der Waals surface area (Å²) in [5, 5.41) is 0. The molecule has 0 aliphatic carbocycles. The highest BCUT2D eigenvalue weighted by atomic mass is 16.5. The predicted octanol–water partition coefficient (Wildman–Crippen LogP) is 3.67. The van der Waals surface area contributed by atoms with Gasteiger partial charge < -0.3 is 14.9 Å². The van der Waals surface area contributed by atoms with Crippen molar-refractivity contribution in [1.82, 2.24) is 4.98 Å². The number of aromatic nitrogens is 1. The minimum absolute atomic E-state index is 0.194. The molecule has 0 fully saturated rings. The zero-order chi connectivity index (χ0) is 14.2. The molecule has 0 amide bonds. The van der Waals surface area contributed by atoms with Crippen LogP contribution >= 0.6 is 0 Å². The highest BCUT2D eigenvalue weighted by Gasteiger charge is 2.21. The minimum Gasteiger partial charge on any atom is -0.496 e. The molecule has 2 aromatic rings. The van der Waals surface area contributed by atoms with Gasteiger partial charge in [0.25, 0.3) is 6.01 Å². The number of methoxy groups -OCH3 is 1. The molecule has 4 nitrogen and oxygen atoms in total. The molecule has 1 aromatic carbocycles. The lowest BCUT2D eigenvalue weighted by molar-refractivity contribution is 0.411. The Bertz CT molecular complexity index is 600. The predicted molar refractivity (Wildman–Crippen MR) is 76.5 cm³/mol. The summed E-state index contributed by atoms with van der Waals surface area (Å²) in [7, 11) is 1.66. The van der Waals surface area contributed by atoms with E-state index in [-0.39, 0.29) is 11.9 Å². The Kier molecular flexibility index (Phi) is 3.51. The van der Waals surface area contributed by atoms with E-state index in [4.69, 9.17) is 14.9 Å². The number of hydrogen-bond acceptors (Lipinski definition) is 4. The molecule has 0 bridgehead atoms. The number of nitrogens with two attached hydrogens (primary N) is 1. The monoisotopic (exact) mass is 260 g/mol. The van der Waals surface area contributed by atoms with Crippen LogP contribution in [-0.2, 0) is 0 Å². The first-order chi connectivity index (χ1) is 8.93. The Hall–Kier alpha value is -1.97. The molecule has 2 N–H and O–H groups in total. The van der Waals surface area contributed by atoms with E-state index >= 15 is 0 Å². The number of benzene rings is 1. The SMILES string of the molecule is COc1c(C)cc(C)cc1-c1oc(N)nc1C(C)C. The first-order valence-electron chi connectivity index (χ1n) is 6.35. The van der Waals surface area contributed by atoms with Crippen molar-refractivity contribution in [2.45, 2.75) is 33.6 Å². The van der Waals surface area contributed by atoms with Crippen LogP contribution in [0.15, 0.2) is 16.5 Å². The van der Waals surface area contributed by atoms with Crippen LogP contribution in [0.1, 0.15) is 36.6 Å². The van der Waals surface area contributed by atoms with Crippen molar-refractivity contribution in [2.75, 3.05) is 12.8 Å². The van der Waals surface area contributed by atoms with Crippen molar-refractivity contribution in [1.29, 1.82) is 0 Å². The molecule has 4 heteroatoms. The minimum atomic E-state index is 0.194. The maximum absolute atomic E-state index is 5.70. The molecular weight excluding hydrogens is 240 g/mol. The Balaban J connectivity index is 2.71. The van der Waals surface area contributed by atoms with Crippen LogP contribution in [0.4, 0.5) is 6.01 Å². The Labute approximate surface area is 113 Å². The molecule has 0 saturated carbocycles. The molecule has 0 aliphatic heterocycles. The van der Waals surface area contributed by atoms with E-state index in [9.17, 15) is 0 Å². The van der Waals surface area contributed by atoms with Gasteiger partial charge in [0, 0.05) is 0 Å². The number of ether oxygens (including phenoxy) is 1. The van der Waals surface area contributed by atoms with Gasteiger partial charge >= 0.3 is 0 Å². The highest BCUT2D eigenvalue weighted by molar-refractivity contribution is 5.71. The zero-order valence-corrected chi connectivity index (χ0v) is 12.1. The highest BCUT2D eigenvalue weighted by Crippen LogP contribution is 2.38. The normalized spacial score (nSPS) is 11.1. The first-order valence-corrected chi connectivity index (χ1v) is 6.35. The van der Waals surface area contributed by atoms with E-state index in [2.05, 4.69) is 24.9 Å². The van der Waals surface area contributed by atoms with Crippen LogP contribution in [0, 0.1) is 13.8 Å². The second-order valence-corrected chi connectivity index (χ2v) is 5.08. The molecular formula is C15H20N2O2. The van der Waals surface area contributed by atoms with E-state index in [1.54, 1.807) is 7.11 Å². The summed E-state index contributed by atoms with van der Waals surface area (Å²) in [5.41, 5.74) is 9.70. The lowest BCUT2D eigenvalue weighted by Gasteiger charge is -2.12. The summed E-state index contributed by atoms with van der Waals surface area (Å²) in [4.78, 5) is 4.28. The lowest BCUT2D eigenvalue weighted by Crippen LogP contribution is -1.96. The summed E-state index contributed by atoms with van der Waals surface area (Å²) < 4.78 is 11.1. The van der Waals surface area contributed by atoms with Crippen molar-refractivity contribution in [3.05, 3.63) is 29.0 Å². The molecule has 0 atom stereocenters. The fraction of sp³-hybridized carbons (Fsp3) is 0.400. The number of anilines is 1. The Morgan fingerprint density at radius 1 is 1.26 bits per heavy atom. The van der Waals surface area contributed by atoms with Gasteiger partial charge in [-0.3, -0.25) is 0 Å². The number of nitrogens with zero attached hydrogens (tertiary/aromatic N) is 1. The van der Waals surface area contributed by atoms with Gasteiger partial charge in [-0.25, -0.2) is 0 Å². The quantitative estimate of drug-likeness (QED) is 0.914. The second kappa shape index (κ2) is 4.96. The van der Waals surface area contributed by atoms with Crippen LogP contribution in [0.3, 0.4) is 0 Å². The third-order valence-corrected chi connectivity index (χ3v) is 3.08. The molecule has 1 heterocycles. The van der Waals surface area contributed by atoms with Crippen LogP contribution in [0.5, 0.6) is 5.75 Å². The summed E-state index contributed by atoms with van der Waals surface area (Å²) in [6.45, 7) is 8.20. The number of nitrogen functional groups attached to an aromatic ring is 1. The number of rotatable bonds is 3. The van der Waals surface area contributed by atoms with Gasteiger partial charge in [0.05, 0.1) is 18.4 Å². The van der Waals surface area contributed by atoms with Crippen LogP contribution in [0.2, 0.25) is 0 Å².